The summed E-state index contributed by atoms with van der Waals surface area (Å²) < 4.78 is 2.31. The van der Waals surface area contributed by atoms with E-state index in [2.05, 4.69) is 19.5 Å². The van der Waals surface area contributed by atoms with Crippen LogP contribution in [0.4, 0.5) is 0 Å². The van der Waals surface area contributed by atoms with E-state index < -0.39 is 0 Å². The van der Waals surface area contributed by atoms with Gasteiger partial charge in [-0.1, -0.05) is 31.0 Å². The van der Waals surface area contributed by atoms with Crippen molar-refractivity contribution in [1.29, 1.82) is 0 Å². The summed E-state index contributed by atoms with van der Waals surface area (Å²) in [4.78, 5) is 12.7. The lowest BCUT2D eigenvalue weighted by Gasteiger charge is -2.24. The maximum atomic E-state index is 9.53. The maximum Gasteiger partial charge on any atom is 0.215 e. The summed E-state index contributed by atoms with van der Waals surface area (Å²) in [5, 5.41) is 10.1. The number of nitrogens with zero attached hydrogens (tertiary/aromatic N) is 4. The molecule has 2 aromatic rings. The van der Waals surface area contributed by atoms with Gasteiger partial charge >= 0.3 is 0 Å². The molecule has 1 aliphatic rings. The third-order valence-electron chi connectivity index (χ3n) is 3.88. The maximum absolute atomic E-state index is 9.53. The number of thioether (sulfide) groups is 1. The summed E-state index contributed by atoms with van der Waals surface area (Å²) in [5.41, 5.74) is 1.99. The number of aryl methyl sites for hydroxylation is 1. The number of hydrogen-bond donors (Lipinski definition) is 1. The van der Waals surface area contributed by atoms with Crippen LogP contribution in [-0.4, -0.2) is 24.6 Å². The molecule has 5 nitrogen and oxygen atoms in total. The monoisotopic (exact) mass is 304 g/mol. The lowest BCUT2D eigenvalue weighted by molar-refractivity contribution is 0.348. The fourth-order valence-corrected chi connectivity index (χ4v) is 3.73. The second-order valence-corrected chi connectivity index (χ2v) is 6.47. The molecule has 0 bridgehead atoms. The molecule has 6 heteroatoms. The van der Waals surface area contributed by atoms with Crippen LogP contribution in [0.2, 0.25) is 0 Å². The first kappa shape index (κ1) is 14.4. The van der Waals surface area contributed by atoms with Gasteiger partial charge in [-0.05, 0) is 19.8 Å². The van der Waals surface area contributed by atoms with Crippen LogP contribution in [0.15, 0.2) is 23.7 Å². The molecule has 1 saturated carbocycles. The summed E-state index contributed by atoms with van der Waals surface area (Å²) in [6, 6.07) is 2.15. The second-order valence-electron chi connectivity index (χ2n) is 5.52. The van der Waals surface area contributed by atoms with E-state index >= 15 is 0 Å². The molecule has 112 valence electrons. The number of aromatic hydroxyl groups is 1. The average molecular weight is 304 g/mol. The van der Waals surface area contributed by atoms with Crippen LogP contribution in [0.3, 0.4) is 0 Å². The molecule has 0 spiro atoms. The fourth-order valence-electron chi connectivity index (χ4n) is 2.86. The Bertz CT molecular complexity index is 587. The van der Waals surface area contributed by atoms with Crippen LogP contribution in [0, 0.1) is 6.92 Å². The molecular formula is C15H20N4OS. The highest BCUT2D eigenvalue weighted by Crippen LogP contribution is 2.30. The zero-order chi connectivity index (χ0) is 14.7. The van der Waals surface area contributed by atoms with Gasteiger partial charge in [0, 0.05) is 35.4 Å². The number of rotatable bonds is 4. The van der Waals surface area contributed by atoms with E-state index in [1.807, 2.05) is 19.4 Å². The van der Waals surface area contributed by atoms with E-state index in [4.69, 9.17) is 0 Å². The van der Waals surface area contributed by atoms with Gasteiger partial charge in [0.05, 0.1) is 6.33 Å². The quantitative estimate of drug-likeness (QED) is 0.692. The molecule has 1 N–H and O–H groups in total. The fraction of sp³-hybridized carbons (Fsp3) is 0.533. The Hall–Kier alpha value is -1.56. The van der Waals surface area contributed by atoms with E-state index in [1.54, 1.807) is 17.8 Å². The van der Waals surface area contributed by atoms with E-state index in [1.165, 1.54) is 37.8 Å². The summed E-state index contributed by atoms with van der Waals surface area (Å²) >= 11 is 1.54. The van der Waals surface area contributed by atoms with Crippen LogP contribution in [-0.2, 0) is 5.75 Å². The number of hydrogen-bond acceptors (Lipinski definition) is 5. The van der Waals surface area contributed by atoms with Crippen LogP contribution >= 0.6 is 11.8 Å². The third kappa shape index (κ3) is 3.56. The van der Waals surface area contributed by atoms with Crippen molar-refractivity contribution in [2.24, 2.45) is 0 Å². The highest BCUT2D eigenvalue weighted by Gasteiger charge is 2.17. The topological polar surface area (TPSA) is 63.8 Å². The Morgan fingerprint density at radius 1 is 1.29 bits per heavy atom. The van der Waals surface area contributed by atoms with Crippen molar-refractivity contribution in [2.75, 3.05) is 0 Å². The Labute approximate surface area is 128 Å². The predicted octanol–water partition coefficient (Wildman–Crippen LogP) is 3.48. The van der Waals surface area contributed by atoms with Gasteiger partial charge in [-0.3, -0.25) is 0 Å². The van der Waals surface area contributed by atoms with Crippen molar-refractivity contribution < 1.29 is 5.11 Å². The molecule has 0 saturated heterocycles. The lowest BCUT2D eigenvalue weighted by Crippen LogP contribution is -2.14. The first-order valence-electron chi connectivity index (χ1n) is 7.40. The smallest absolute Gasteiger partial charge is 0.215 e. The van der Waals surface area contributed by atoms with Crippen molar-refractivity contribution >= 4 is 11.8 Å². The van der Waals surface area contributed by atoms with Gasteiger partial charge in [-0.15, -0.1) is 0 Å². The molecule has 0 amide bonds. The molecule has 1 fully saturated rings. The summed E-state index contributed by atoms with van der Waals surface area (Å²) in [6.45, 7) is 1.86. The van der Waals surface area contributed by atoms with Gasteiger partial charge in [-0.25, -0.2) is 9.97 Å². The van der Waals surface area contributed by atoms with Gasteiger partial charge in [0.15, 0.2) is 5.16 Å². The van der Waals surface area contributed by atoms with Crippen molar-refractivity contribution in [2.45, 2.75) is 56.0 Å². The van der Waals surface area contributed by atoms with E-state index in [9.17, 15) is 5.11 Å². The van der Waals surface area contributed by atoms with Gasteiger partial charge in [-0.2, -0.15) is 4.98 Å². The largest absolute Gasteiger partial charge is 0.493 e. The van der Waals surface area contributed by atoms with Gasteiger partial charge in [0.2, 0.25) is 5.88 Å². The molecule has 0 radical (unpaired) electrons. The van der Waals surface area contributed by atoms with E-state index in [-0.39, 0.29) is 5.88 Å². The number of imidazole rings is 1. The molecule has 2 aromatic heterocycles. The number of aromatic nitrogens is 4. The van der Waals surface area contributed by atoms with Crippen LogP contribution in [0.1, 0.15) is 49.5 Å². The van der Waals surface area contributed by atoms with Gasteiger partial charge < -0.3 is 9.67 Å². The molecule has 21 heavy (non-hydrogen) atoms. The molecule has 0 aromatic carbocycles. The normalized spacial score (nSPS) is 16.2. The Balaban J connectivity index is 1.69. The van der Waals surface area contributed by atoms with Crippen molar-refractivity contribution in [3.05, 3.63) is 30.0 Å². The highest BCUT2D eigenvalue weighted by molar-refractivity contribution is 7.98. The predicted molar refractivity (Wildman–Crippen MR) is 82.3 cm³/mol. The molecule has 0 aliphatic heterocycles. The van der Waals surface area contributed by atoms with Crippen LogP contribution in [0.25, 0.3) is 0 Å². The van der Waals surface area contributed by atoms with Gasteiger partial charge in [0.25, 0.3) is 0 Å². The summed E-state index contributed by atoms with van der Waals surface area (Å²) in [6.07, 6.45) is 10.3. The molecule has 1 aliphatic carbocycles. The van der Waals surface area contributed by atoms with Gasteiger partial charge in [0.1, 0.15) is 0 Å². The SMILES string of the molecule is Cc1cc(O)nc(SCc2cncn2C2CCCCC2)n1. The first-order valence-corrected chi connectivity index (χ1v) is 8.39. The average Bonchev–Trinajstić information content (AvgIpc) is 2.93. The minimum absolute atomic E-state index is 0.0331. The minimum atomic E-state index is 0.0331. The van der Waals surface area contributed by atoms with Crippen molar-refractivity contribution in [3.63, 3.8) is 0 Å². The third-order valence-corrected chi connectivity index (χ3v) is 4.76. The Morgan fingerprint density at radius 2 is 2.10 bits per heavy atom. The van der Waals surface area contributed by atoms with Crippen LogP contribution in [0.5, 0.6) is 5.88 Å². The first-order chi connectivity index (χ1) is 10.2. The van der Waals surface area contributed by atoms with Crippen LogP contribution < -0.4 is 0 Å². The van der Waals surface area contributed by atoms with E-state index in [0.29, 0.717) is 11.2 Å². The Kier molecular flexibility index (Phi) is 4.43. The molecule has 3 rings (SSSR count). The zero-order valence-corrected chi connectivity index (χ0v) is 13.0. The summed E-state index contributed by atoms with van der Waals surface area (Å²) in [5.74, 6) is 0.810. The summed E-state index contributed by atoms with van der Waals surface area (Å²) in [7, 11) is 0. The molecule has 0 atom stereocenters. The molecular weight excluding hydrogens is 284 g/mol. The minimum Gasteiger partial charge on any atom is -0.493 e. The zero-order valence-electron chi connectivity index (χ0n) is 12.2. The highest BCUT2D eigenvalue weighted by atomic mass is 32.2. The van der Waals surface area contributed by atoms with E-state index in [0.717, 1.165) is 11.4 Å². The van der Waals surface area contributed by atoms with Crippen molar-refractivity contribution in [3.8, 4) is 5.88 Å². The Morgan fingerprint density at radius 3 is 2.86 bits per heavy atom. The standard InChI is InChI=1S/C15H20N4OS/c1-11-7-14(20)18-15(17-11)21-9-13-8-16-10-19(13)12-5-3-2-4-6-12/h7-8,10,12H,2-6,9H2,1H3,(H,17,18,20). The molecule has 2 heterocycles. The lowest BCUT2D eigenvalue weighted by atomic mass is 9.95. The van der Waals surface area contributed by atoms with Crippen molar-refractivity contribution in [1.82, 2.24) is 19.5 Å². The molecule has 0 unspecified atom stereocenters. The second kappa shape index (κ2) is 6.47.